The SMILES string of the molecule is N[C@H](c1ccccc1I)[C@@H](O)C1CCCCC1. The maximum Gasteiger partial charge on any atom is 0.0761 e. The van der Waals surface area contributed by atoms with E-state index in [-0.39, 0.29) is 6.04 Å². The Morgan fingerprint density at radius 2 is 1.82 bits per heavy atom. The summed E-state index contributed by atoms with van der Waals surface area (Å²) in [4.78, 5) is 0. The maximum absolute atomic E-state index is 10.4. The van der Waals surface area contributed by atoms with Crippen LogP contribution in [0.4, 0.5) is 0 Å². The van der Waals surface area contributed by atoms with Gasteiger partial charge in [-0.15, -0.1) is 0 Å². The predicted octanol–water partition coefficient (Wildman–Crippen LogP) is 3.23. The van der Waals surface area contributed by atoms with Crippen molar-refractivity contribution in [2.75, 3.05) is 0 Å². The molecule has 0 aromatic heterocycles. The smallest absolute Gasteiger partial charge is 0.0761 e. The molecule has 0 bridgehead atoms. The Bertz CT molecular complexity index is 363. The highest BCUT2D eigenvalue weighted by Crippen LogP contribution is 2.32. The van der Waals surface area contributed by atoms with Crippen LogP contribution < -0.4 is 5.73 Å². The highest BCUT2D eigenvalue weighted by molar-refractivity contribution is 14.1. The van der Waals surface area contributed by atoms with Crippen LogP contribution in [0.2, 0.25) is 0 Å². The first kappa shape index (κ1) is 13.3. The number of nitrogens with two attached hydrogens (primary N) is 1. The molecule has 0 saturated heterocycles. The summed E-state index contributed by atoms with van der Waals surface area (Å²) in [5.41, 5.74) is 7.29. The van der Waals surface area contributed by atoms with E-state index in [1.54, 1.807) is 0 Å². The van der Waals surface area contributed by atoms with Gasteiger partial charge in [0.05, 0.1) is 12.1 Å². The summed E-state index contributed by atoms with van der Waals surface area (Å²) in [5, 5.41) is 10.4. The van der Waals surface area contributed by atoms with Crippen LogP contribution >= 0.6 is 22.6 Å². The second kappa shape index (κ2) is 6.16. The predicted molar refractivity (Wildman–Crippen MR) is 78.7 cm³/mol. The molecule has 3 heteroatoms. The molecule has 1 aliphatic carbocycles. The van der Waals surface area contributed by atoms with Crippen LogP contribution in [-0.4, -0.2) is 11.2 Å². The Kier molecular flexibility index (Phi) is 4.82. The normalized spacial score (nSPS) is 21.1. The minimum Gasteiger partial charge on any atom is -0.391 e. The average molecular weight is 345 g/mol. The topological polar surface area (TPSA) is 46.2 Å². The molecule has 0 spiro atoms. The van der Waals surface area contributed by atoms with E-state index in [0.717, 1.165) is 22.0 Å². The number of hydrogen-bond acceptors (Lipinski definition) is 2. The Balaban J connectivity index is 2.08. The van der Waals surface area contributed by atoms with Gasteiger partial charge in [-0.2, -0.15) is 0 Å². The first-order chi connectivity index (χ1) is 8.20. The first-order valence-electron chi connectivity index (χ1n) is 6.38. The molecule has 1 aromatic carbocycles. The maximum atomic E-state index is 10.4. The monoisotopic (exact) mass is 345 g/mol. The molecular weight excluding hydrogens is 325 g/mol. The zero-order chi connectivity index (χ0) is 12.3. The van der Waals surface area contributed by atoms with E-state index in [0.29, 0.717) is 5.92 Å². The van der Waals surface area contributed by atoms with E-state index in [9.17, 15) is 5.11 Å². The molecule has 1 aliphatic rings. The fourth-order valence-corrected chi connectivity index (χ4v) is 3.45. The summed E-state index contributed by atoms with van der Waals surface area (Å²) in [6, 6.07) is 7.82. The van der Waals surface area contributed by atoms with E-state index < -0.39 is 6.10 Å². The van der Waals surface area contributed by atoms with E-state index >= 15 is 0 Å². The second-order valence-electron chi connectivity index (χ2n) is 4.94. The van der Waals surface area contributed by atoms with Gasteiger partial charge in [-0.25, -0.2) is 0 Å². The van der Waals surface area contributed by atoms with Crippen molar-refractivity contribution in [2.24, 2.45) is 11.7 Å². The van der Waals surface area contributed by atoms with Gasteiger partial charge >= 0.3 is 0 Å². The van der Waals surface area contributed by atoms with E-state index in [1.807, 2.05) is 24.3 Å². The van der Waals surface area contributed by atoms with Crippen LogP contribution in [-0.2, 0) is 0 Å². The lowest BCUT2D eigenvalue weighted by atomic mass is 9.81. The Labute approximate surface area is 117 Å². The van der Waals surface area contributed by atoms with Gasteiger partial charge in [0, 0.05) is 3.57 Å². The molecule has 0 radical (unpaired) electrons. The highest BCUT2D eigenvalue weighted by Gasteiger charge is 2.28. The third-order valence-electron chi connectivity index (χ3n) is 3.77. The fourth-order valence-electron chi connectivity index (χ4n) is 2.70. The molecule has 1 saturated carbocycles. The molecule has 1 aromatic rings. The van der Waals surface area contributed by atoms with Gasteiger partial charge in [0.2, 0.25) is 0 Å². The summed E-state index contributed by atoms with van der Waals surface area (Å²) >= 11 is 2.29. The highest BCUT2D eigenvalue weighted by atomic mass is 127. The Morgan fingerprint density at radius 3 is 2.47 bits per heavy atom. The summed E-state index contributed by atoms with van der Waals surface area (Å²) in [6.07, 6.45) is 5.63. The lowest BCUT2D eigenvalue weighted by molar-refractivity contribution is 0.0616. The number of aliphatic hydroxyl groups is 1. The molecule has 0 heterocycles. The van der Waals surface area contributed by atoms with Crippen molar-refractivity contribution in [3.63, 3.8) is 0 Å². The van der Waals surface area contributed by atoms with Gasteiger partial charge in [-0.05, 0) is 53.0 Å². The number of rotatable bonds is 3. The van der Waals surface area contributed by atoms with Crippen molar-refractivity contribution in [1.82, 2.24) is 0 Å². The number of benzene rings is 1. The van der Waals surface area contributed by atoms with Crippen LogP contribution in [0.15, 0.2) is 24.3 Å². The van der Waals surface area contributed by atoms with Crippen LogP contribution in [0.1, 0.15) is 43.7 Å². The van der Waals surface area contributed by atoms with Crippen molar-refractivity contribution >= 4 is 22.6 Å². The zero-order valence-electron chi connectivity index (χ0n) is 9.98. The van der Waals surface area contributed by atoms with Gasteiger partial charge in [-0.1, -0.05) is 37.5 Å². The van der Waals surface area contributed by atoms with Crippen LogP contribution in [0.5, 0.6) is 0 Å². The number of halogens is 1. The standard InChI is InChI=1S/C14H20INO/c15-12-9-5-4-8-11(12)13(16)14(17)10-6-2-1-3-7-10/h4-5,8-10,13-14,17H,1-3,6-7,16H2/t13-,14+/m1/s1. The van der Waals surface area contributed by atoms with Crippen molar-refractivity contribution < 1.29 is 5.11 Å². The van der Waals surface area contributed by atoms with Crippen molar-refractivity contribution in [3.05, 3.63) is 33.4 Å². The van der Waals surface area contributed by atoms with E-state index in [2.05, 4.69) is 22.6 Å². The minimum atomic E-state index is -0.397. The summed E-state index contributed by atoms with van der Waals surface area (Å²) in [7, 11) is 0. The van der Waals surface area contributed by atoms with Gasteiger partial charge < -0.3 is 10.8 Å². The lowest BCUT2D eigenvalue weighted by Crippen LogP contribution is -2.34. The van der Waals surface area contributed by atoms with Crippen LogP contribution in [0, 0.1) is 9.49 Å². The summed E-state index contributed by atoms with van der Waals surface area (Å²) in [6.45, 7) is 0. The van der Waals surface area contributed by atoms with Gasteiger partial charge in [0.25, 0.3) is 0 Å². The molecule has 2 rings (SSSR count). The summed E-state index contributed by atoms with van der Waals surface area (Å²) < 4.78 is 1.15. The van der Waals surface area contributed by atoms with Crippen LogP contribution in [0.3, 0.4) is 0 Å². The van der Waals surface area contributed by atoms with E-state index in [4.69, 9.17) is 5.73 Å². The number of aliphatic hydroxyl groups excluding tert-OH is 1. The molecular formula is C14H20INO. The van der Waals surface area contributed by atoms with Crippen LogP contribution in [0.25, 0.3) is 0 Å². The largest absolute Gasteiger partial charge is 0.391 e. The molecule has 0 amide bonds. The molecule has 94 valence electrons. The molecule has 2 nitrogen and oxygen atoms in total. The average Bonchev–Trinajstić information content (AvgIpc) is 2.39. The third kappa shape index (κ3) is 3.20. The Hall–Kier alpha value is -0.130. The molecule has 17 heavy (non-hydrogen) atoms. The second-order valence-corrected chi connectivity index (χ2v) is 6.10. The fraction of sp³-hybridized carbons (Fsp3) is 0.571. The number of hydrogen-bond donors (Lipinski definition) is 2. The third-order valence-corrected chi connectivity index (χ3v) is 4.75. The minimum absolute atomic E-state index is 0.244. The van der Waals surface area contributed by atoms with Crippen molar-refractivity contribution in [2.45, 2.75) is 44.2 Å². The molecule has 2 atom stereocenters. The molecule has 1 fully saturated rings. The summed E-state index contributed by atoms with van der Waals surface area (Å²) in [5.74, 6) is 0.384. The molecule has 0 aliphatic heterocycles. The zero-order valence-corrected chi connectivity index (χ0v) is 12.1. The van der Waals surface area contributed by atoms with Crippen molar-refractivity contribution in [3.8, 4) is 0 Å². The van der Waals surface area contributed by atoms with E-state index in [1.165, 1.54) is 19.3 Å². The van der Waals surface area contributed by atoms with Gasteiger partial charge in [0.1, 0.15) is 0 Å². The quantitative estimate of drug-likeness (QED) is 0.827. The lowest BCUT2D eigenvalue weighted by Gasteiger charge is -2.31. The molecule has 3 N–H and O–H groups in total. The Morgan fingerprint density at radius 1 is 1.18 bits per heavy atom. The first-order valence-corrected chi connectivity index (χ1v) is 7.46. The molecule has 0 unspecified atom stereocenters. The van der Waals surface area contributed by atoms with Crippen molar-refractivity contribution in [1.29, 1.82) is 0 Å². The van der Waals surface area contributed by atoms with Gasteiger partial charge in [-0.3, -0.25) is 0 Å². The van der Waals surface area contributed by atoms with Gasteiger partial charge in [0.15, 0.2) is 0 Å².